The maximum atomic E-state index is 12.7. The van der Waals surface area contributed by atoms with Crippen LogP contribution in [0.2, 0.25) is 0 Å². The van der Waals surface area contributed by atoms with Crippen molar-refractivity contribution in [2.45, 2.75) is 73.3 Å². The fraction of sp³-hybridized carbons (Fsp3) is 0.464. The molecule has 5 nitrogen and oxygen atoms in total. The number of allylic oxidation sites excluding steroid dienone is 4. The van der Waals surface area contributed by atoms with E-state index in [4.69, 9.17) is 18.6 Å². The highest BCUT2D eigenvalue weighted by Gasteiger charge is 2.19. The molecule has 2 aromatic rings. The summed E-state index contributed by atoms with van der Waals surface area (Å²) in [5, 5.41) is 0.684. The van der Waals surface area contributed by atoms with Crippen LogP contribution in [-0.4, -0.2) is 19.3 Å². The van der Waals surface area contributed by atoms with Crippen LogP contribution in [0.3, 0.4) is 0 Å². The minimum atomic E-state index is -0.551. The second-order valence-corrected chi connectivity index (χ2v) is 8.57. The van der Waals surface area contributed by atoms with E-state index in [9.17, 15) is 4.79 Å². The predicted octanol–water partition coefficient (Wildman–Crippen LogP) is 7.39. The van der Waals surface area contributed by atoms with Crippen molar-refractivity contribution in [2.24, 2.45) is 0 Å². The summed E-state index contributed by atoms with van der Waals surface area (Å²) in [6.45, 7) is 13.1. The molecular weight excluding hydrogens is 416 g/mol. The van der Waals surface area contributed by atoms with E-state index in [-0.39, 0.29) is 11.9 Å². The van der Waals surface area contributed by atoms with Crippen molar-refractivity contribution in [1.29, 1.82) is 0 Å². The maximum absolute atomic E-state index is 12.7. The Morgan fingerprint density at radius 2 is 1.82 bits per heavy atom. The summed E-state index contributed by atoms with van der Waals surface area (Å²) in [6.07, 6.45) is 12.0. The van der Waals surface area contributed by atoms with Crippen molar-refractivity contribution < 1.29 is 18.6 Å². The van der Waals surface area contributed by atoms with Gasteiger partial charge in [-0.2, -0.15) is 0 Å². The van der Waals surface area contributed by atoms with Crippen LogP contribution < -0.4 is 19.8 Å². The molecule has 180 valence electrons. The Morgan fingerprint density at radius 3 is 2.52 bits per heavy atom. The van der Waals surface area contributed by atoms with Crippen molar-refractivity contribution in [1.82, 2.24) is 0 Å². The van der Waals surface area contributed by atoms with Crippen LogP contribution in [0.5, 0.6) is 17.2 Å². The Morgan fingerprint density at radius 1 is 1.03 bits per heavy atom. The summed E-state index contributed by atoms with van der Waals surface area (Å²) in [7, 11) is 0. The molecule has 0 fully saturated rings. The van der Waals surface area contributed by atoms with Gasteiger partial charge in [0.15, 0.2) is 5.75 Å². The van der Waals surface area contributed by atoms with Crippen LogP contribution in [-0.2, 0) is 0 Å². The number of fused-ring (bicyclic) bond motifs is 1. The summed E-state index contributed by atoms with van der Waals surface area (Å²) in [4.78, 5) is 12.7. The van der Waals surface area contributed by atoms with Crippen LogP contribution in [0.25, 0.3) is 11.0 Å². The average molecular weight is 455 g/mol. The second-order valence-electron chi connectivity index (χ2n) is 8.57. The standard InChI is InChI=1S/C28H38O5/c1-7-8-9-10-17-31-27-26(32-21(4)5)24-15-14-23(19-25(24)33-28(27)29)30-18-16-22(6)13-11-12-20(2)3/h8-9,12,14-16,19,21H,7,10-11,13,17-18H2,1-6H3/b9-8+,22-16+. The first-order valence-electron chi connectivity index (χ1n) is 11.8. The number of benzene rings is 1. The molecule has 1 aromatic heterocycles. The molecule has 0 unspecified atom stereocenters. The van der Waals surface area contributed by atoms with Crippen LogP contribution >= 0.6 is 0 Å². The fourth-order valence-electron chi connectivity index (χ4n) is 3.19. The zero-order chi connectivity index (χ0) is 24.2. The molecule has 0 spiro atoms. The molecule has 0 aliphatic carbocycles. The molecule has 0 aliphatic heterocycles. The first kappa shape index (κ1) is 26.3. The van der Waals surface area contributed by atoms with Gasteiger partial charge in [-0.1, -0.05) is 36.3 Å². The molecule has 1 heterocycles. The molecule has 5 heteroatoms. The van der Waals surface area contributed by atoms with Crippen LogP contribution in [0.1, 0.15) is 67.2 Å². The minimum absolute atomic E-state index is 0.115. The van der Waals surface area contributed by atoms with E-state index in [1.54, 1.807) is 6.07 Å². The van der Waals surface area contributed by atoms with E-state index in [2.05, 4.69) is 45.9 Å². The van der Waals surface area contributed by atoms with Crippen molar-refractivity contribution in [2.75, 3.05) is 13.2 Å². The van der Waals surface area contributed by atoms with Gasteiger partial charge in [0.2, 0.25) is 5.75 Å². The van der Waals surface area contributed by atoms with Crippen LogP contribution in [0.4, 0.5) is 0 Å². The molecule has 0 N–H and O–H groups in total. The lowest BCUT2D eigenvalue weighted by atomic mass is 10.1. The van der Waals surface area contributed by atoms with Crippen molar-refractivity contribution in [3.8, 4) is 17.2 Å². The van der Waals surface area contributed by atoms with E-state index in [1.165, 1.54) is 11.1 Å². The Kier molecular flexibility index (Phi) is 10.8. The Hall–Kier alpha value is -2.95. The van der Waals surface area contributed by atoms with E-state index in [0.717, 1.165) is 19.3 Å². The van der Waals surface area contributed by atoms with Crippen LogP contribution in [0, 0.1) is 0 Å². The molecule has 0 radical (unpaired) electrons. The van der Waals surface area contributed by atoms with Gasteiger partial charge in [-0.25, -0.2) is 4.79 Å². The third-order valence-corrected chi connectivity index (χ3v) is 4.85. The minimum Gasteiger partial charge on any atom is -0.489 e. The molecule has 0 aliphatic rings. The molecular formula is C28H38O5. The quantitative estimate of drug-likeness (QED) is 0.179. The van der Waals surface area contributed by atoms with Gasteiger partial charge in [0.25, 0.3) is 0 Å². The largest absolute Gasteiger partial charge is 0.489 e. The first-order chi connectivity index (χ1) is 15.8. The van der Waals surface area contributed by atoms with Gasteiger partial charge in [0, 0.05) is 6.07 Å². The smallest absolute Gasteiger partial charge is 0.383 e. The molecule has 0 bridgehead atoms. The fourth-order valence-corrected chi connectivity index (χ4v) is 3.19. The number of ether oxygens (including phenoxy) is 3. The summed E-state index contributed by atoms with van der Waals surface area (Å²) in [6, 6.07) is 5.43. The lowest BCUT2D eigenvalue weighted by Gasteiger charge is -2.16. The van der Waals surface area contributed by atoms with Gasteiger partial charge < -0.3 is 18.6 Å². The van der Waals surface area contributed by atoms with E-state index >= 15 is 0 Å². The van der Waals surface area contributed by atoms with Crippen molar-refractivity contribution >= 4 is 11.0 Å². The molecule has 1 aromatic carbocycles. The highest BCUT2D eigenvalue weighted by Crippen LogP contribution is 2.35. The van der Waals surface area contributed by atoms with Gasteiger partial charge in [-0.3, -0.25) is 0 Å². The molecule has 0 saturated heterocycles. The van der Waals surface area contributed by atoms with Gasteiger partial charge in [-0.15, -0.1) is 0 Å². The highest BCUT2D eigenvalue weighted by molar-refractivity contribution is 5.86. The van der Waals surface area contributed by atoms with Crippen molar-refractivity contribution in [3.63, 3.8) is 0 Å². The van der Waals surface area contributed by atoms with Crippen LogP contribution in [0.15, 0.2) is 62.9 Å². The SMILES string of the molecule is CC/C=C/CCOc1c(OC(C)C)c2ccc(OC/C=C(\C)CCC=C(C)C)cc2oc1=O. The molecule has 0 saturated carbocycles. The normalized spacial score (nSPS) is 11.9. The van der Waals surface area contributed by atoms with E-state index in [1.807, 2.05) is 32.1 Å². The predicted molar refractivity (Wildman–Crippen MR) is 136 cm³/mol. The summed E-state index contributed by atoms with van der Waals surface area (Å²) in [5.74, 6) is 1.16. The van der Waals surface area contributed by atoms with Crippen molar-refractivity contribution in [3.05, 3.63) is 64.1 Å². The topological polar surface area (TPSA) is 57.9 Å². The Balaban J connectivity index is 2.19. The molecule has 0 atom stereocenters. The Labute approximate surface area is 197 Å². The third kappa shape index (κ3) is 8.83. The summed E-state index contributed by atoms with van der Waals surface area (Å²) < 4.78 is 23.2. The monoisotopic (exact) mass is 454 g/mol. The number of hydrogen-bond donors (Lipinski definition) is 0. The molecule has 0 amide bonds. The van der Waals surface area contributed by atoms with Gasteiger partial charge in [-0.05, 0) is 78.5 Å². The first-order valence-corrected chi connectivity index (χ1v) is 11.8. The van der Waals surface area contributed by atoms with Gasteiger partial charge in [0.05, 0.1) is 18.1 Å². The summed E-state index contributed by atoms with van der Waals surface area (Å²) >= 11 is 0. The molecule has 2 rings (SSSR count). The summed E-state index contributed by atoms with van der Waals surface area (Å²) in [5.41, 5.74) is 2.47. The highest BCUT2D eigenvalue weighted by atomic mass is 16.5. The van der Waals surface area contributed by atoms with E-state index in [0.29, 0.717) is 42.1 Å². The zero-order valence-corrected chi connectivity index (χ0v) is 20.9. The number of hydrogen-bond acceptors (Lipinski definition) is 5. The maximum Gasteiger partial charge on any atom is 0.383 e. The molecule has 33 heavy (non-hydrogen) atoms. The number of rotatable bonds is 13. The van der Waals surface area contributed by atoms with E-state index < -0.39 is 5.63 Å². The lowest BCUT2D eigenvalue weighted by Crippen LogP contribution is -2.14. The third-order valence-electron chi connectivity index (χ3n) is 4.85. The Bertz CT molecular complexity index is 1040. The lowest BCUT2D eigenvalue weighted by molar-refractivity contribution is 0.219. The zero-order valence-electron chi connectivity index (χ0n) is 20.9. The van der Waals surface area contributed by atoms with Gasteiger partial charge in [0.1, 0.15) is 17.9 Å². The second kappa shape index (κ2) is 13.6. The van der Waals surface area contributed by atoms with Gasteiger partial charge >= 0.3 is 5.63 Å². The average Bonchev–Trinajstić information content (AvgIpc) is 2.74.